The SMILES string of the molecule is COc1cc(F)c(OC2CCC(C)(C(=O)OCc3cccc4ccccc34)CC2)cc1C(=O)NC1C(O)CCC1C(=O)Nc1cccc(S(=O)(=O)C(F)(F)F)c1. The summed E-state index contributed by atoms with van der Waals surface area (Å²) in [5.74, 6) is -4.26. The van der Waals surface area contributed by atoms with Gasteiger partial charge in [0, 0.05) is 11.8 Å². The van der Waals surface area contributed by atoms with Crippen molar-refractivity contribution in [2.45, 2.75) is 80.7 Å². The second kappa shape index (κ2) is 16.1. The van der Waals surface area contributed by atoms with Crippen LogP contribution in [0.5, 0.6) is 11.5 Å². The Morgan fingerprint density at radius 3 is 2.32 bits per heavy atom. The highest BCUT2D eigenvalue weighted by molar-refractivity contribution is 7.92. The molecule has 2 fully saturated rings. The van der Waals surface area contributed by atoms with Crippen molar-refractivity contribution in [1.29, 1.82) is 0 Å². The van der Waals surface area contributed by atoms with Gasteiger partial charge in [-0.05, 0) is 86.1 Å². The van der Waals surface area contributed by atoms with E-state index < -0.39 is 67.5 Å². The summed E-state index contributed by atoms with van der Waals surface area (Å²) in [6.45, 7) is 1.94. The maximum absolute atomic E-state index is 15.3. The predicted molar refractivity (Wildman–Crippen MR) is 196 cm³/mol. The summed E-state index contributed by atoms with van der Waals surface area (Å²) in [5, 5.41) is 17.7. The molecule has 4 aromatic rings. The first-order valence-electron chi connectivity index (χ1n) is 17.9. The van der Waals surface area contributed by atoms with E-state index in [4.69, 9.17) is 14.2 Å². The summed E-state index contributed by atoms with van der Waals surface area (Å²) < 4.78 is 95.3. The molecule has 0 heterocycles. The number of methoxy groups -OCH3 is 1. The molecule has 11 nitrogen and oxygen atoms in total. The molecule has 3 N–H and O–H groups in total. The van der Waals surface area contributed by atoms with E-state index in [-0.39, 0.29) is 48.2 Å². The first-order valence-corrected chi connectivity index (χ1v) is 19.4. The van der Waals surface area contributed by atoms with Crippen LogP contribution in [0.25, 0.3) is 10.8 Å². The average Bonchev–Trinajstić information content (AvgIpc) is 3.54. The second-order valence-corrected chi connectivity index (χ2v) is 16.2. The highest BCUT2D eigenvalue weighted by Gasteiger charge is 2.47. The normalized spacial score (nSPS) is 22.6. The highest BCUT2D eigenvalue weighted by atomic mass is 32.2. The third-order valence-corrected chi connectivity index (χ3v) is 12.0. The molecule has 0 bridgehead atoms. The third kappa shape index (κ3) is 8.45. The number of amides is 2. The Morgan fingerprint density at radius 1 is 0.911 bits per heavy atom. The predicted octanol–water partition coefficient (Wildman–Crippen LogP) is 6.86. The number of ether oxygens (including phenoxy) is 3. The number of sulfone groups is 1. The quantitative estimate of drug-likeness (QED) is 0.109. The van der Waals surface area contributed by atoms with E-state index in [0.717, 1.165) is 40.6 Å². The third-order valence-electron chi connectivity index (χ3n) is 10.5. The van der Waals surface area contributed by atoms with Crippen molar-refractivity contribution in [2.75, 3.05) is 12.4 Å². The van der Waals surface area contributed by atoms with Crippen LogP contribution >= 0.6 is 0 Å². The molecule has 0 saturated heterocycles. The molecule has 2 aliphatic rings. The number of hydrogen-bond acceptors (Lipinski definition) is 9. The second-order valence-electron chi connectivity index (χ2n) is 14.3. The number of halogens is 4. The van der Waals surface area contributed by atoms with Gasteiger partial charge in [-0.2, -0.15) is 13.2 Å². The van der Waals surface area contributed by atoms with Crippen molar-refractivity contribution in [3.05, 3.63) is 95.8 Å². The van der Waals surface area contributed by atoms with E-state index in [1.807, 2.05) is 49.4 Å². The van der Waals surface area contributed by atoms with Crippen LogP contribution in [0, 0.1) is 17.2 Å². The van der Waals surface area contributed by atoms with Crippen molar-refractivity contribution in [1.82, 2.24) is 5.32 Å². The molecule has 56 heavy (non-hydrogen) atoms. The van der Waals surface area contributed by atoms with Gasteiger partial charge in [-0.1, -0.05) is 48.5 Å². The number of alkyl halides is 3. The standard InChI is InChI=1S/C40H40F4N2O9S/c1-39(38(50)54-22-24-9-5-8-23-7-3-4-12-28(23)24)17-15-26(16-18-39)55-34-20-30(33(53-2)21-31(34)41)37(49)46-35-29(13-14-32(35)47)36(48)45-25-10-6-11-27(19-25)56(51,52)40(42,43)44/h3-12,19-21,26,29,32,35,47H,13-18,22H2,1-2H3,(H,45,48)(H,46,49). The minimum atomic E-state index is -5.68. The Morgan fingerprint density at radius 2 is 1.61 bits per heavy atom. The molecule has 16 heteroatoms. The fourth-order valence-electron chi connectivity index (χ4n) is 7.24. The number of carbonyl (C=O) groups is 3. The molecule has 6 rings (SSSR count). The number of nitrogens with one attached hydrogen (secondary N) is 2. The zero-order valence-corrected chi connectivity index (χ0v) is 31.2. The lowest BCUT2D eigenvalue weighted by Crippen LogP contribution is -2.47. The molecule has 0 aliphatic heterocycles. The fourth-order valence-corrected chi connectivity index (χ4v) is 8.05. The van der Waals surface area contributed by atoms with Crippen LogP contribution in [0.1, 0.15) is 61.4 Å². The zero-order valence-electron chi connectivity index (χ0n) is 30.4. The zero-order chi connectivity index (χ0) is 40.4. The number of fused-ring (bicyclic) bond motifs is 1. The first kappa shape index (κ1) is 40.4. The topological polar surface area (TPSA) is 157 Å². The number of anilines is 1. The van der Waals surface area contributed by atoms with E-state index in [1.54, 1.807) is 0 Å². The average molecular weight is 801 g/mol. The summed E-state index contributed by atoms with van der Waals surface area (Å²) in [7, 11) is -4.46. The summed E-state index contributed by atoms with van der Waals surface area (Å²) >= 11 is 0. The van der Waals surface area contributed by atoms with Gasteiger partial charge in [0.1, 0.15) is 12.4 Å². The molecular formula is C40H40F4N2O9S. The number of rotatable bonds is 11. The minimum absolute atomic E-state index is 0.0741. The maximum atomic E-state index is 15.3. The smallest absolute Gasteiger partial charge is 0.496 e. The van der Waals surface area contributed by atoms with Crippen LogP contribution in [0.2, 0.25) is 0 Å². The Labute approximate surface area is 320 Å². The van der Waals surface area contributed by atoms with Crippen molar-refractivity contribution in [3.8, 4) is 11.5 Å². The molecule has 2 saturated carbocycles. The number of esters is 1. The fraction of sp³-hybridized carbons (Fsp3) is 0.375. The maximum Gasteiger partial charge on any atom is 0.501 e. The van der Waals surface area contributed by atoms with Crippen LogP contribution in [0.3, 0.4) is 0 Å². The van der Waals surface area contributed by atoms with E-state index in [1.165, 1.54) is 13.2 Å². The lowest BCUT2D eigenvalue weighted by molar-refractivity contribution is -0.159. The largest absolute Gasteiger partial charge is 0.501 e. The van der Waals surface area contributed by atoms with E-state index >= 15 is 4.39 Å². The molecule has 0 aromatic heterocycles. The van der Waals surface area contributed by atoms with E-state index in [0.29, 0.717) is 31.7 Å². The highest BCUT2D eigenvalue weighted by Crippen LogP contribution is 2.40. The lowest BCUT2D eigenvalue weighted by Gasteiger charge is -2.35. The van der Waals surface area contributed by atoms with Gasteiger partial charge in [0.05, 0.1) is 47.2 Å². The molecule has 0 spiro atoms. The summed E-state index contributed by atoms with van der Waals surface area (Å²) in [4.78, 5) is 39.1. The van der Waals surface area contributed by atoms with Gasteiger partial charge in [0.15, 0.2) is 11.6 Å². The van der Waals surface area contributed by atoms with Crippen molar-refractivity contribution in [2.24, 2.45) is 11.3 Å². The van der Waals surface area contributed by atoms with Gasteiger partial charge >= 0.3 is 11.5 Å². The molecule has 3 unspecified atom stereocenters. The Kier molecular flexibility index (Phi) is 11.6. The van der Waals surface area contributed by atoms with Crippen LogP contribution < -0.4 is 20.1 Å². The molecule has 0 radical (unpaired) electrons. The van der Waals surface area contributed by atoms with Crippen LogP contribution in [-0.4, -0.2) is 62.2 Å². The van der Waals surface area contributed by atoms with Crippen LogP contribution in [-0.2, 0) is 30.8 Å². The molecule has 2 aliphatic carbocycles. The van der Waals surface area contributed by atoms with Gasteiger partial charge in [-0.3, -0.25) is 14.4 Å². The van der Waals surface area contributed by atoms with Gasteiger partial charge in [0.2, 0.25) is 5.91 Å². The summed E-state index contributed by atoms with van der Waals surface area (Å²) in [5.41, 5.74) is -5.86. The monoisotopic (exact) mass is 800 g/mol. The number of aliphatic hydroxyl groups excluding tert-OH is 1. The lowest BCUT2D eigenvalue weighted by atomic mass is 9.74. The molecule has 4 aromatic carbocycles. The van der Waals surface area contributed by atoms with Crippen LogP contribution in [0.15, 0.2) is 83.8 Å². The van der Waals surface area contributed by atoms with Crippen molar-refractivity contribution in [3.63, 3.8) is 0 Å². The molecular weight excluding hydrogens is 761 g/mol. The number of hydrogen-bond donors (Lipinski definition) is 3. The van der Waals surface area contributed by atoms with Crippen molar-refractivity contribution < 1.29 is 59.7 Å². The summed E-state index contributed by atoms with van der Waals surface area (Å²) in [6, 6.07) is 18.2. The number of benzene rings is 4. The van der Waals surface area contributed by atoms with E-state index in [9.17, 15) is 41.1 Å². The van der Waals surface area contributed by atoms with Crippen molar-refractivity contribution >= 4 is 44.1 Å². The Balaban J connectivity index is 1.09. The van der Waals surface area contributed by atoms with Gasteiger partial charge in [-0.25, -0.2) is 12.8 Å². The summed E-state index contributed by atoms with van der Waals surface area (Å²) in [6.07, 6.45) is 0.0470. The first-order chi connectivity index (χ1) is 26.5. The molecule has 2 amide bonds. The van der Waals surface area contributed by atoms with Gasteiger partial charge < -0.3 is 30.0 Å². The minimum Gasteiger partial charge on any atom is -0.496 e. The van der Waals surface area contributed by atoms with Gasteiger partial charge in [-0.15, -0.1) is 0 Å². The Bertz CT molecular complexity index is 2240. The van der Waals surface area contributed by atoms with E-state index in [2.05, 4.69) is 10.6 Å². The number of aliphatic hydroxyl groups is 1. The van der Waals surface area contributed by atoms with Crippen LogP contribution in [0.4, 0.5) is 23.2 Å². The number of carbonyl (C=O) groups excluding carboxylic acids is 3. The van der Waals surface area contributed by atoms with Gasteiger partial charge in [0.25, 0.3) is 15.7 Å². The Hall–Kier alpha value is -5.22. The molecule has 298 valence electrons. The molecule has 3 atom stereocenters.